The third-order valence-corrected chi connectivity index (χ3v) is 2.31. The van der Waals surface area contributed by atoms with E-state index >= 15 is 0 Å². The van der Waals surface area contributed by atoms with Crippen LogP contribution < -0.4 is 0 Å². The van der Waals surface area contributed by atoms with Crippen molar-refractivity contribution in [1.82, 2.24) is 4.90 Å². The van der Waals surface area contributed by atoms with Crippen LogP contribution in [0.1, 0.15) is 20.3 Å². The molecule has 0 amide bonds. The van der Waals surface area contributed by atoms with Gasteiger partial charge in [-0.2, -0.15) is 0 Å². The van der Waals surface area contributed by atoms with Crippen molar-refractivity contribution in [3.63, 3.8) is 0 Å². The first-order valence-electron chi connectivity index (χ1n) is 5.04. The summed E-state index contributed by atoms with van der Waals surface area (Å²) in [7, 11) is 1.68. The molecule has 0 unspecified atom stereocenters. The molecule has 0 aromatic carbocycles. The first-order valence-corrected chi connectivity index (χ1v) is 5.04. The highest BCUT2D eigenvalue weighted by atomic mass is 16.5. The summed E-state index contributed by atoms with van der Waals surface area (Å²) in [6.45, 7) is 6.28. The van der Waals surface area contributed by atoms with Crippen LogP contribution in [0, 0.1) is 0 Å². The summed E-state index contributed by atoms with van der Waals surface area (Å²) in [6.07, 6.45) is 6.59. The molecular weight excluding hydrogens is 176 g/mol. The minimum Gasteiger partial charge on any atom is -0.497 e. The number of hydrogen-bond acceptors (Lipinski definition) is 3. The molecule has 0 bridgehead atoms. The van der Waals surface area contributed by atoms with Crippen LogP contribution in [0.4, 0.5) is 0 Å². The summed E-state index contributed by atoms with van der Waals surface area (Å²) in [5.41, 5.74) is 0. The number of rotatable bonds is 3. The Labute approximate surface area is 85.8 Å². The largest absolute Gasteiger partial charge is 0.497 e. The summed E-state index contributed by atoms with van der Waals surface area (Å²) in [6, 6.07) is 0. The van der Waals surface area contributed by atoms with Gasteiger partial charge in [0, 0.05) is 25.7 Å². The van der Waals surface area contributed by atoms with E-state index in [4.69, 9.17) is 4.74 Å². The Kier molecular flexibility index (Phi) is 4.23. The SMILES string of the molecule is CCN(CC)C1=NC=CC(OC)=CC1. The summed E-state index contributed by atoms with van der Waals surface area (Å²) < 4.78 is 5.15. The second kappa shape index (κ2) is 5.47. The van der Waals surface area contributed by atoms with E-state index in [1.54, 1.807) is 13.3 Å². The van der Waals surface area contributed by atoms with Crippen LogP contribution >= 0.6 is 0 Å². The topological polar surface area (TPSA) is 24.8 Å². The summed E-state index contributed by atoms with van der Waals surface area (Å²) in [5.74, 6) is 1.99. The molecule has 1 aliphatic heterocycles. The van der Waals surface area contributed by atoms with E-state index in [-0.39, 0.29) is 0 Å². The molecule has 1 rings (SSSR count). The maximum atomic E-state index is 5.15. The summed E-state index contributed by atoms with van der Waals surface area (Å²) in [4.78, 5) is 6.64. The number of nitrogens with zero attached hydrogens (tertiary/aromatic N) is 2. The molecule has 0 fully saturated rings. The van der Waals surface area contributed by atoms with E-state index in [0.29, 0.717) is 0 Å². The lowest BCUT2D eigenvalue weighted by atomic mass is 10.3. The molecule has 0 N–H and O–H groups in total. The van der Waals surface area contributed by atoms with Crippen molar-refractivity contribution in [3.8, 4) is 0 Å². The van der Waals surface area contributed by atoms with Gasteiger partial charge in [-0.05, 0) is 26.0 Å². The first-order chi connectivity index (χ1) is 6.81. The molecule has 0 saturated heterocycles. The predicted molar refractivity (Wildman–Crippen MR) is 59.2 cm³/mol. The highest BCUT2D eigenvalue weighted by molar-refractivity contribution is 5.84. The Balaban J connectivity index is 2.70. The zero-order chi connectivity index (χ0) is 10.4. The van der Waals surface area contributed by atoms with Gasteiger partial charge in [0.15, 0.2) is 0 Å². The fourth-order valence-electron chi connectivity index (χ4n) is 1.46. The maximum absolute atomic E-state index is 5.15. The molecule has 0 aliphatic carbocycles. The van der Waals surface area contributed by atoms with Crippen molar-refractivity contribution in [2.24, 2.45) is 4.99 Å². The Morgan fingerprint density at radius 1 is 1.43 bits per heavy atom. The van der Waals surface area contributed by atoms with Gasteiger partial charge in [0.05, 0.1) is 7.11 Å². The minimum absolute atomic E-state index is 0.845. The van der Waals surface area contributed by atoms with Crippen LogP contribution in [-0.2, 0) is 4.74 Å². The van der Waals surface area contributed by atoms with E-state index in [1.165, 1.54) is 0 Å². The van der Waals surface area contributed by atoms with Gasteiger partial charge < -0.3 is 9.64 Å². The van der Waals surface area contributed by atoms with E-state index in [2.05, 4.69) is 29.8 Å². The van der Waals surface area contributed by atoms with Crippen LogP contribution in [0.5, 0.6) is 0 Å². The van der Waals surface area contributed by atoms with Crippen molar-refractivity contribution in [1.29, 1.82) is 0 Å². The number of aliphatic imine (C=N–C) groups is 1. The number of allylic oxidation sites excluding steroid dienone is 1. The fraction of sp³-hybridized carbons (Fsp3) is 0.545. The Morgan fingerprint density at radius 2 is 2.14 bits per heavy atom. The van der Waals surface area contributed by atoms with E-state index in [1.807, 2.05) is 6.08 Å². The van der Waals surface area contributed by atoms with Gasteiger partial charge in [-0.25, -0.2) is 4.99 Å². The Bertz CT molecular complexity index is 262. The quantitative estimate of drug-likeness (QED) is 0.688. The predicted octanol–water partition coefficient (Wildman–Crippen LogP) is 2.17. The first kappa shape index (κ1) is 10.8. The Hall–Kier alpha value is -1.25. The van der Waals surface area contributed by atoms with Crippen molar-refractivity contribution in [2.75, 3.05) is 20.2 Å². The summed E-state index contributed by atoms with van der Waals surface area (Å²) in [5, 5.41) is 0. The van der Waals surface area contributed by atoms with Crippen LogP contribution in [0.25, 0.3) is 0 Å². The molecule has 0 atom stereocenters. The highest BCUT2D eigenvalue weighted by Crippen LogP contribution is 2.08. The van der Waals surface area contributed by atoms with Gasteiger partial charge in [0.2, 0.25) is 0 Å². The van der Waals surface area contributed by atoms with Gasteiger partial charge in [0.25, 0.3) is 0 Å². The van der Waals surface area contributed by atoms with Gasteiger partial charge in [-0.15, -0.1) is 0 Å². The minimum atomic E-state index is 0.845. The van der Waals surface area contributed by atoms with Crippen molar-refractivity contribution in [2.45, 2.75) is 20.3 Å². The van der Waals surface area contributed by atoms with Crippen LogP contribution in [0.15, 0.2) is 29.1 Å². The second-order valence-electron chi connectivity index (χ2n) is 3.05. The standard InChI is InChI=1S/C11H18N2O/c1-4-13(5-2)11-7-6-10(14-3)8-9-12-11/h6,8-9H,4-5,7H2,1-3H3. The lowest BCUT2D eigenvalue weighted by Crippen LogP contribution is -2.29. The molecule has 0 saturated carbocycles. The van der Waals surface area contributed by atoms with Crippen LogP contribution in [0.2, 0.25) is 0 Å². The molecule has 3 nitrogen and oxygen atoms in total. The van der Waals surface area contributed by atoms with Gasteiger partial charge in [-0.3, -0.25) is 0 Å². The fourth-order valence-corrected chi connectivity index (χ4v) is 1.46. The molecule has 0 aromatic heterocycles. The van der Waals surface area contributed by atoms with Gasteiger partial charge >= 0.3 is 0 Å². The molecule has 0 aromatic rings. The monoisotopic (exact) mass is 194 g/mol. The average molecular weight is 194 g/mol. The third kappa shape index (κ3) is 2.62. The van der Waals surface area contributed by atoms with Crippen LogP contribution in [0.3, 0.4) is 0 Å². The molecule has 0 radical (unpaired) electrons. The molecule has 0 spiro atoms. The van der Waals surface area contributed by atoms with E-state index in [0.717, 1.165) is 31.1 Å². The summed E-state index contributed by atoms with van der Waals surface area (Å²) >= 11 is 0. The molecule has 1 aliphatic rings. The number of methoxy groups -OCH3 is 1. The zero-order valence-electron chi connectivity index (χ0n) is 9.16. The smallest absolute Gasteiger partial charge is 0.116 e. The molecule has 14 heavy (non-hydrogen) atoms. The van der Waals surface area contributed by atoms with Gasteiger partial charge in [0.1, 0.15) is 11.6 Å². The normalized spacial score (nSPS) is 15.6. The van der Waals surface area contributed by atoms with Crippen molar-refractivity contribution < 1.29 is 4.74 Å². The molecule has 3 heteroatoms. The van der Waals surface area contributed by atoms with Crippen LogP contribution in [-0.4, -0.2) is 30.9 Å². The average Bonchev–Trinajstić information content (AvgIpc) is 2.45. The van der Waals surface area contributed by atoms with Gasteiger partial charge in [-0.1, -0.05) is 0 Å². The maximum Gasteiger partial charge on any atom is 0.116 e. The lowest BCUT2D eigenvalue weighted by molar-refractivity contribution is 0.305. The molecule has 1 heterocycles. The molecular formula is C11H18N2O. The van der Waals surface area contributed by atoms with E-state index in [9.17, 15) is 0 Å². The zero-order valence-corrected chi connectivity index (χ0v) is 9.16. The number of ether oxygens (including phenoxy) is 1. The Morgan fingerprint density at radius 3 is 2.71 bits per heavy atom. The third-order valence-electron chi connectivity index (χ3n) is 2.31. The number of amidine groups is 1. The van der Waals surface area contributed by atoms with Crippen molar-refractivity contribution in [3.05, 3.63) is 24.1 Å². The number of hydrogen-bond donors (Lipinski definition) is 0. The van der Waals surface area contributed by atoms with E-state index < -0.39 is 0 Å². The highest BCUT2D eigenvalue weighted by Gasteiger charge is 2.07. The lowest BCUT2D eigenvalue weighted by Gasteiger charge is -2.21. The second-order valence-corrected chi connectivity index (χ2v) is 3.05. The molecule has 78 valence electrons. The van der Waals surface area contributed by atoms with Crippen molar-refractivity contribution >= 4 is 5.84 Å².